The summed E-state index contributed by atoms with van der Waals surface area (Å²) in [4.78, 5) is 27.7. The number of carbonyl (C=O) groups is 2. The molecule has 154 valence electrons. The van der Waals surface area contributed by atoms with Crippen molar-refractivity contribution in [2.24, 2.45) is 10.2 Å². The van der Waals surface area contributed by atoms with Crippen molar-refractivity contribution in [3.8, 4) is 0 Å². The highest BCUT2D eigenvalue weighted by Crippen LogP contribution is 2.32. The summed E-state index contributed by atoms with van der Waals surface area (Å²) in [6.07, 6.45) is 0. The minimum atomic E-state index is -0.454. The molecule has 3 N–H and O–H groups in total. The zero-order valence-corrected chi connectivity index (χ0v) is 19.1. The topological polar surface area (TPSA) is 98.7 Å². The molecule has 0 aliphatic heterocycles. The van der Waals surface area contributed by atoms with E-state index >= 15 is 0 Å². The Hall–Kier alpha value is -3.30. The predicted octanol–water partition coefficient (Wildman–Crippen LogP) is 6.37. The van der Waals surface area contributed by atoms with Crippen LogP contribution in [0.5, 0.6) is 0 Å². The summed E-state index contributed by atoms with van der Waals surface area (Å²) < 4.78 is 1.76. The Morgan fingerprint density at radius 3 is 2.00 bits per heavy atom. The van der Waals surface area contributed by atoms with Crippen molar-refractivity contribution in [3.05, 3.63) is 92.9 Å². The maximum absolute atomic E-state index is 12.4. The molecule has 9 heteroatoms. The van der Waals surface area contributed by atoms with Gasteiger partial charge in [0.25, 0.3) is 11.8 Å². The SMILES string of the molecule is O=C(N=Nc1[nH]c(NNC(=O)c2ccc(Br)cc2)c2ccccc12)c1ccc(Br)cc1. The number of fused-ring (bicyclic) bond motifs is 1. The van der Waals surface area contributed by atoms with E-state index < -0.39 is 5.91 Å². The summed E-state index contributed by atoms with van der Waals surface area (Å²) in [5.41, 5.74) is 6.48. The molecule has 31 heavy (non-hydrogen) atoms. The third kappa shape index (κ3) is 4.89. The van der Waals surface area contributed by atoms with E-state index in [-0.39, 0.29) is 5.91 Å². The van der Waals surface area contributed by atoms with E-state index in [1.807, 2.05) is 24.3 Å². The molecule has 0 spiro atoms. The smallest absolute Gasteiger partial charge is 0.295 e. The Bertz CT molecular complexity index is 1280. The second-order valence-electron chi connectivity index (χ2n) is 6.49. The molecule has 0 aliphatic carbocycles. The lowest BCUT2D eigenvalue weighted by atomic mass is 10.2. The van der Waals surface area contributed by atoms with E-state index in [4.69, 9.17) is 0 Å². The Labute approximate surface area is 194 Å². The number of carbonyl (C=O) groups excluding carboxylic acids is 2. The van der Waals surface area contributed by atoms with Crippen molar-refractivity contribution < 1.29 is 9.59 Å². The zero-order chi connectivity index (χ0) is 21.8. The van der Waals surface area contributed by atoms with E-state index in [2.05, 4.69) is 57.9 Å². The van der Waals surface area contributed by atoms with Crippen LogP contribution in [0.3, 0.4) is 0 Å². The molecule has 0 bridgehead atoms. The molecule has 2 amide bonds. The van der Waals surface area contributed by atoms with Gasteiger partial charge in [0.15, 0.2) is 5.82 Å². The number of rotatable bonds is 5. The van der Waals surface area contributed by atoms with Crippen molar-refractivity contribution >= 4 is 66.1 Å². The molecular formula is C22H15Br2N5O2. The number of nitrogens with zero attached hydrogens (tertiary/aromatic N) is 2. The first-order valence-electron chi connectivity index (χ1n) is 9.15. The highest BCUT2D eigenvalue weighted by molar-refractivity contribution is 9.10. The first kappa shape index (κ1) is 21.0. The molecule has 7 nitrogen and oxygen atoms in total. The van der Waals surface area contributed by atoms with Gasteiger partial charge in [0.1, 0.15) is 5.82 Å². The molecule has 0 saturated carbocycles. The molecular weight excluding hydrogens is 526 g/mol. The Kier molecular flexibility index (Phi) is 6.24. The summed E-state index contributed by atoms with van der Waals surface area (Å²) in [6, 6.07) is 21.3. The van der Waals surface area contributed by atoms with Crippen molar-refractivity contribution in [2.45, 2.75) is 0 Å². The zero-order valence-electron chi connectivity index (χ0n) is 15.9. The van der Waals surface area contributed by atoms with Crippen LogP contribution in [0, 0.1) is 0 Å². The van der Waals surface area contributed by atoms with Crippen LogP contribution < -0.4 is 10.9 Å². The Morgan fingerprint density at radius 1 is 0.774 bits per heavy atom. The van der Waals surface area contributed by atoms with E-state index in [1.165, 1.54) is 0 Å². The fourth-order valence-electron chi connectivity index (χ4n) is 2.88. The molecule has 4 rings (SSSR count). The monoisotopic (exact) mass is 539 g/mol. The van der Waals surface area contributed by atoms with Crippen molar-refractivity contribution in [3.63, 3.8) is 0 Å². The number of halogens is 2. The number of azo groups is 1. The van der Waals surface area contributed by atoms with Crippen LogP contribution in [0.4, 0.5) is 11.6 Å². The Morgan fingerprint density at radius 2 is 1.35 bits per heavy atom. The Balaban J connectivity index is 1.54. The quantitative estimate of drug-likeness (QED) is 0.202. The molecule has 1 heterocycles. The average molecular weight is 541 g/mol. The largest absolute Gasteiger partial charge is 0.323 e. The van der Waals surface area contributed by atoms with Gasteiger partial charge in [-0.3, -0.25) is 20.4 Å². The van der Waals surface area contributed by atoms with Crippen molar-refractivity contribution in [1.82, 2.24) is 10.4 Å². The van der Waals surface area contributed by atoms with Crippen LogP contribution in [0.2, 0.25) is 0 Å². The standard InChI is InChI=1S/C22H15Br2N5O2/c23-15-9-5-13(6-10-15)21(30)28-26-19-17-3-1-2-4-18(17)20(25-19)27-29-22(31)14-7-11-16(24)12-8-14/h1-12,25-26H,(H,28,30). The van der Waals surface area contributed by atoms with Gasteiger partial charge < -0.3 is 4.98 Å². The van der Waals surface area contributed by atoms with Gasteiger partial charge in [-0.05, 0) is 48.5 Å². The third-order valence-electron chi connectivity index (χ3n) is 4.43. The third-order valence-corrected chi connectivity index (χ3v) is 5.49. The lowest BCUT2D eigenvalue weighted by Gasteiger charge is -2.07. The fraction of sp³-hybridized carbons (Fsp3) is 0. The number of anilines is 1. The molecule has 1 aromatic heterocycles. The van der Waals surface area contributed by atoms with Crippen molar-refractivity contribution in [2.75, 3.05) is 5.43 Å². The summed E-state index contributed by atoms with van der Waals surface area (Å²) in [5, 5.41) is 9.48. The molecule has 4 aromatic rings. The van der Waals surface area contributed by atoms with E-state index in [1.54, 1.807) is 48.5 Å². The fourth-order valence-corrected chi connectivity index (χ4v) is 3.41. The van der Waals surface area contributed by atoms with Crippen LogP contribution in [-0.2, 0) is 0 Å². The van der Waals surface area contributed by atoms with Gasteiger partial charge in [0, 0.05) is 30.8 Å². The van der Waals surface area contributed by atoms with Gasteiger partial charge in [-0.25, -0.2) is 0 Å². The van der Waals surface area contributed by atoms with Crippen LogP contribution in [0.1, 0.15) is 20.7 Å². The van der Waals surface area contributed by atoms with E-state index in [9.17, 15) is 9.59 Å². The molecule has 0 saturated heterocycles. The molecule has 0 aliphatic rings. The van der Waals surface area contributed by atoms with Gasteiger partial charge >= 0.3 is 0 Å². The number of hydrogen-bond acceptors (Lipinski definition) is 4. The summed E-state index contributed by atoms with van der Waals surface area (Å²) in [7, 11) is 0. The molecule has 0 radical (unpaired) electrons. The molecule has 0 atom stereocenters. The maximum atomic E-state index is 12.4. The van der Waals surface area contributed by atoms with E-state index in [0.29, 0.717) is 22.8 Å². The number of aromatic amines is 1. The number of hydrazine groups is 1. The van der Waals surface area contributed by atoms with Crippen LogP contribution in [-0.4, -0.2) is 16.8 Å². The summed E-state index contributed by atoms with van der Waals surface area (Å²) in [6.45, 7) is 0. The minimum Gasteiger partial charge on any atom is -0.323 e. The van der Waals surface area contributed by atoms with Crippen LogP contribution >= 0.6 is 31.9 Å². The predicted molar refractivity (Wildman–Crippen MR) is 127 cm³/mol. The lowest BCUT2D eigenvalue weighted by Crippen LogP contribution is -2.29. The minimum absolute atomic E-state index is 0.292. The lowest BCUT2D eigenvalue weighted by molar-refractivity contribution is 0.0960. The highest BCUT2D eigenvalue weighted by Gasteiger charge is 2.12. The number of benzene rings is 3. The maximum Gasteiger partial charge on any atom is 0.295 e. The van der Waals surface area contributed by atoms with Gasteiger partial charge in [-0.2, -0.15) is 0 Å². The van der Waals surface area contributed by atoms with Crippen LogP contribution in [0.25, 0.3) is 10.8 Å². The highest BCUT2D eigenvalue weighted by atomic mass is 79.9. The first-order chi connectivity index (χ1) is 15.0. The summed E-state index contributed by atoms with van der Waals surface area (Å²) in [5.74, 6) is 0.191. The molecule has 0 fully saturated rings. The number of aromatic nitrogens is 1. The number of hydrogen-bond donors (Lipinski definition) is 3. The van der Waals surface area contributed by atoms with Gasteiger partial charge in [-0.15, -0.1) is 10.2 Å². The van der Waals surface area contributed by atoms with E-state index in [0.717, 1.165) is 19.7 Å². The van der Waals surface area contributed by atoms with Crippen LogP contribution in [0.15, 0.2) is 92.0 Å². The normalized spacial score (nSPS) is 11.0. The first-order valence-corrected chi connectivity index (χ1v) is 10.7. The summed E-state index contributed by atoms with van der Waals surface area (Å²) >= 11 is 6.68. The van der Waals surface area contributed by atoms with Gasteiger partial charge in [-0.1, -0.05) is 56.1 Å². The number of nitrogens with one attached hydrogen (secondary N) is 3. The van der Waals surface area contributed by atoms with Gasteiger partial charge in [0.05, 0.1) is 0 Å². The van der Waals surface area contributed by atoms with Crippen molar-refractivity contribution in [1.29, 1.82) is 0 Å². The second kappa shape index (κ2) is 9.23. The number of H-pyrrole nitrogens is 1. The molecule has 0 unspecified atom stereocenters. The molecule has 3 aromatic carbocycles. The van der Waals surface area contributed by atoms with Gasteiger partial charge in [0.2, 0.25) is 0 Å². The average Bonchev–Trinajstić information content (AvgIpc) is 3.14. The second-order valence-corrected chi connectivity index (χ2v) is 8.32. The number of amides is 2.